The van der Waals surface area contributed by atoms with Gasteiger partial charge in [-0.05, 0) is 144 Å². The highest BCUT2D eigenvalue weighted by molar-refractivity contribution is 5.66. The first-order valence-corrected chi connectivity index (χ1v) is 23.1. The van der Waals surface area contributed by atoms with Crippen LogP contribution in [0.1, 0.15) is 96.1 Å². The zero-order valence-electron chi connectivity index (χ0n) is 48.0. The van der Waals surface area contributed by atoms with E-state index in [-0.39, 0.29) is 0 Å². The van der Waals surface area contributed by atoms with Gasteiger partial charge in [-0.25, -0.2) is 18.3 Å². The maximum atomic E-state index is 7.64. The summed E-state index contributed by atoms with van der Waals surface area (Å²) in [4.78, 5) is 0. The first-order chi connectivity index (χ1) is 33.8. The van der Waals surface area contributed by atoms with Crippen molar-refractivity contribution in [3.8, 4) is 45.0 Å². The van der Waals surface area contributed by atoms with Gasteiger partial charge in [-0.1, -0.05) is 93.6 Å². The Morgan fingerprint density at radius 1 is 0.409 bits per heavy atom. The molecule has 0 aliphatic carbocycles. The first kappa shape index (κ1) is 42.1. The number of aryl methyl sites for hydroxylation is 12. The molecular weight excluding hydrogens is 801 g/mol. The largest absolute Gasteiger partial charge is 0.215 e. The van der Waals surface area contributed by atoms with E-state index < -0.39 is 13.7 Å². The van der Waals surface area contributed by atoms with Crippen molar-refractivity contribution in [2.24, 2.45) is 28.2 Å². The zero-order valence-corrected chi connectivity index (χ0v) is 42.0. The van der Waals surface area contributed by atoms with E-state index >= 15 is 0 Å². The van der Waals surface area contributed by atoms with E-state index in [4.69, 9.17) is 8.22 Å². The Balaban J connectivity index is 0.000000179. The number of hydrogen-bond acceptors (Lipinski definition) is 0. The molecular formula is C62H76N4+4. The molecule has 66 heavy (non-hydrogen) atoms. The number of aromatic nitrogens is 4. The smallest absolute Gasteiger partial charge is 0.201 e. The van der Waals surface area contributed by atoms with Gasteiger partial charge in [0.15, 0.2) is 24.8 Å². The van der Waals surface area contributed by atoms with E-state index in [2.05, 4.69) is 181 Å². The molecule has 0 saturated carbocycles. The van der Waals surface area contributed by atoms with Crippen LogP contribution >= 0.6 is 0 Å². The molecule has 0 unspecified atom stereocenters. The van der Waals surface area contributed by atoms with Crippen molar-refractivity contribution >= 4 is 0 Å². The fourth-order valence-corrected chi connectivity index (χ4v) is 8.23. The highest BCUT2D eigenvalue weighted by Crippen LogP contribution is 2.27. The summed E-state index contributed by atoms with van der Waals surface area (Å²) >= 11 is 0. The lowest BCUT2D eigenvalue weighted by molar-refractivity contribution is -0.661. The van der Waals surface area contributed by atoms with Crippen molar-refractivity contribution < 1.29 is 26.5 Å². The van der Waals surface area contributed by atoms with Gasteiger partial charge in [0, 0.05) is 76.5 Å². The van der Waals surface area contributed by atoms with Crippen LogP contribution in [0.15, 0.2) is 152 Å². The van der Waals surface area contributed by atoms with Crippen LogP contribution in [0, 0.1) is 62.2 Å². The minimum Gasteiger partial charge on any atom is -0.201 e. The highest BCUT2D eigenvalue weighted by atomic mass is 14.9. The van der Waals surface area contributed by atoms with Gasteiger partial charge in [-0.2, -0.15) is 0 Å². The first-order valence-electron chi connectivity index (χ1n) is 26.1. The van der Waals surface area contributed by atoms with Crippen LogP contribution in [0.25, 0.3) is 45.0 Å². The summed E-state index contributed by atoms with van der Waals surface area (Å²) in [6.07, 6.45) is 8.97. The molecule has 8 aromatic rings. The van der Waals surface area contributed by atoms with Gasteiger partial charge in [-0.15, -0.1) is 0 Å². The van der Waals surface area contributed by atoms with Crippen LogP contribution in [0.3, 0.4) is 0 Å². The molecule has 0 fully saturated rings. The van der Waals surface area contributed by atoms with Crippen molar-refractivity contribution in [3.63, 3.8) is 0 Å². The molecule has 0 radical (unpaired) electrons. The van der Waals surface area contributed by atoms with E-state index in [1.807, 2.05) is 74.3 Å². The molecule has 0 aliphatic rings. The Morgan fingerprint density at radius 3 is 1.27 bits per heavy atom. The van der Waals surface area contributed by atoms with Crippen molar-refractivity contribution in [1.82, 2.24) is 0 Å². The Bertz CT molecular complexity index is 3150. The van der Waals surface area contributed by atoms with Crippen molar-refractivity contribution in [2.45, 2.75) is 95.3 Å². The van der Waals surface area contributed by atoms with E-state index in [9.17, 15) is 0 Å². The predicted octanol–water partition coefficient (Wildman–Crippen LogP) is 13.2. The molecule has 0 amide bonds. The van der Waals surface area contributed by atoms with Gasteiger partial charge < -0.3 is 0 Å². The molecule has 0 aliphatic heterocycles. The molecule has 8 rings (SSSR count). The van der Waals surface area contributed by atoms with Crippen LogP contribution in [0.4, 0.5) is 0 Å². The van der Waals surface area contributed by atoms with Crippen molar-refractivity contribution in [3.05, 3.63) is 213 Å². The highest BCUT2D eigenvalue weighted by Gasteiger charge is 2.19. The van der Waals surface area contributed by atoms with Gasteiger partial charge in [0.2, 0.25) is 22.8 Å². The molecule has 4 heterocycles. The second-order valence-electron chi connectivity index (χ2n) is 17.9. The van der Waals surface area contributed by atoms with Gasteiger partial charge >= 0.3 is 0 Å². The molecule has 0 spiro atoms. The molecule has 0 N–H and O–H groups in total. The quantitative estimate of drug-likeness (QED) is 0.148. The molecule has 4 aromatic heterocycles. The van der Waals surface area contributed by atoms with Gasteiger partial charge in [-0.3, -0.25) is 0 Å². The molecule has 0 bridgehead atoms. The van der Waals surface area contributed by atoms with Crippen molar-refractivity contribution in [1.29, 1.82) is 0 Å². The third-order valence-electron chi connectivity index (χ3n) is 12.6. The van der Waals surface area contributed by atoms with Crippen LogP contribution < -0.4 is 18.3 Å². The summed E-state index contributed by atoms with van der Waals surface area (Å²) in [5.74, 6) is 0.576. The fraction of sp³-hybridized carbons (Fsp3) is 0.290. The third kappa shape index (κ3) is 12.4. The summed E-state index contributed by atoms with van der Waals surface area (Å²) in [5, 5.41) is 0. The van der Waals surface area contributed by atoms with E-state index in [1.165, 1.54) is 55.9 Å². The fourth-order valence-electron chi connectivity index (χ4n) is 8.23. The van der Waals surface area contributed by atoms with Gasteiger partial charge in [0.05, 0.1) is 0 Å². The Kier molecular flexibility index (Phi) is 14.7. The monoisotopic (exact) mass is 883 g/mol. The summed E-state index contributed by atoms with van der Waals surface area (Å²) in [5.41, 5.74) is 20.8. The summed E-state index contributed by atoms with van der Waals surface area (Å²) < 4.78 is 53.8. The van der Waals surface area contributed by atoms with Gasteiger partial charge in [0.1, 0.15) is 28.2 Å². The molecule has 0 atom stereocenters. The predicted molar refractivity (Wildman–Crippen MR) is 278 cm³/mol. The lowest BCUT2D eigenvalue weighted by Crippen LogP contribution is -2.33. The number of pyridine rings is 4. The van der Waals surface area contributed by atoms with Crippen molar-refractivity contribution in [2.75, 3.05) is 0 Å². The molecule has 4 nitrogen and oxygen atoms in total. The lowest BCUT2D eigenvalue weighted by Gasteiger charge is -2.10. The Morgan fingerprint density at radius 2 is 0.833 bits per heavy atom. The number of hydrogen-bond donors (Lipinski definition) is 0. The summed E-state index contributed by atoms with van der Waals surface area (Å²) in [6, 6.07) is 44.1. The minimum absolute atomic E-state index is 0.410. The van der Waals surface area contributed by atoms with Gasteiger partial charge in [0.25, 0.3) is 0 Å². The van der Waals surface area contributed by atoms with Crippen LogP contribution in [-0.2, 0) is 34.6 Å². The Labute approximate surface area is 407 Å². The maximum absolute atomic E-state index is 7.64. The van der Waals surface area contributed by atoms with E-state index in [0.717, 1.165) is 45.6 Å². The average molecular weight is 883 g/mol. The topological polar surface area (TPSA) is 15.5 Å². The second-order valence-corrected chi connectivity index (χ2v) is 17.9. The van der Waals surface area contributed by atoms with E-state index in [1.54, 1.807) is 12.4 Å². The third-order valence-corrected chi connectivity index (χ3v) is 12.6. The van der Waals surface area contributed by atoms with Crippen LogP contribution in [-0.4, -0.2) is 0 Å². The lowest BCUT2D eigenvalue weighted by atomic mass is 9.97. The van der Waals surface area contributed by atoms with Crippen LogP contribution in [0.5, 0.6) is 0 Å². The second kappa shape index (κ2) is 23.1. The number of rotatable bonds is 6. The zero-order chi connectivity index (χ0) is 53.2. The maximum Gasteiger partial charge on any atom is 0.215 e. The average Bonchev–Trinajstić information content (AvgIpc) is 3.32. The van der Waals surface area contributed by atoms with Crippen LogP contribution in [0.2, 0.25) is 0 Å². The molecule has 4 heteroatoms. The number of benzene rings is 4. The summed E-state index contributed by atoms with van der Waals surface area (Å²) in [7, 11) is 8.02. The Hall–Kier alpha value is -6.52. The SMILES string of the molecule is CCc1ccc(-c2ccccc2C)[n+](C)c1.Cc1ccccc1-c1ccc(C(C)C)c[n+]1C.[2H]C([2H])([2H])c1c[n+](C)c(-c2ccccc2C)c(C)c1C.[2H]C([2H])([2H])c1c[n+](C)c(-c2ccccc2C)cc1C. The van der Waals surface area contributed by atoms with E-state index in [0.29, 0.717) is 17.0 Å². The normalized spacial score (nSPS) is 12.3. The molecule has 340 valence electrons. The molecule has 0 saturated heterocycles. The number of nitrogens with zero attached hydrogens (tertiary/aromatic N) is 4. The minimum atomic E-state index is -2.07. The standard InChI is InChI=1S/2C16H20N.2C15H18N/c1-11-8-6-7-9-15(11)16-14(4)13(3)12(2)10-17(16)5;1-12(2)14-9-10-16(17(4)11-14)15-8-6-5-7-13(15)3;1-11-7-5-6-8-14(11)15-9-12(2)13(3)10-16(15)4;1-4-13-9-10-15(16(3)11-13)14-8-6-5-7-12(14)2/h6-10H,1-5H3;5-12H,1-4H3;5-10H,1-4H3;5-11H,4H2,1-3H3/q4*+1/i2D3;;3D3;. The molecule has 4 aromatic carbocycles. The summed E-state index contributed by atoms with van der Waals surface area (Å²) in [6.45, 7) is 16.7.